The van der Waals surface area contributed by atoms with Crippen molar-refractivity contribution in [1.82, 2.24) is 0 Å². The van der Waals surface area contributed by atoms with Crippen LogP contribution < -0.4 is 15.2 Å². The lowest BCUT2D eigenvalue weighted by atomic mass is 9.75. The van der Waals surface area contributed by atoms with Crippen LogP contribution in [0.3, 0.4) is 0 Å². The monoisotopic (exact) mass is 205 g/mol. The first kappa shape index (κ1) is 9.04. The second kappa shape index (κ2) is 3.14. The fraction of sp³-hybridized carbons (Fsp3) is 0.500. The SMILES string of the molecule is Cc1cc2c(cc1C1CC(N)C1)OCO2. The fourth-order valence-corrected chi connectivity index (χ4v) is 2.41. The maximum absolute atomic E-state index is 5.81. The Kier molecular flexibility index (Phi) is 1.89. The summed E-state index contributed by atoms with van der Waals surface area (Å²) in [6.45, 7) is 2.48. The summed E-state index contributed by atoms with van der Waals surface area (Å²) in [6.07, 6.45) is 2.20. The summed E-state index contributed by atoms with van der Waals surface area (Å²) in [5.41, 5.74) is 8.48. The average Bonchev–Trinajstić information content (AvgIpc) is 2.59. The van der Waals surface area contributed by atoms with E-state index in [1.807, 2.05) is 0 Å². The molecule has 0 atom stereocenters. The highest BCUT2D eigenvalue weighted by atomic mass is 16.7. The van der Waals surface area contributed by atoms with Gasteiger partial charge in [-0.3, -0.25) is 0 Å². The van der Waals surface area contributed by atoms with Gasteiger partial charge in [0.05, 0.1) is 0 Å². The van der Waals surface area contributed by atoms with Gasteiger partial charge >= 0.3 is 0 Å². The molecule has 1 saturated carbocycles. The van der Waals surface area contributed by atoms with Crippen LogP contribution in [0.4, 0.5) is 0 Å². The Hall–Kier alpha value is -1.22. The van der Waals surface area contributed by atoms with Crippen LogP contribution in [0.1, 0.15) is 29.9 Å². The summed E-state index contributed by atoms with van der Waals surface area (Å²) in [7, 11) is 0. The lowest BCUT2D eigenvalue weighted by molar-refractivity contribution is 0.174. The molecule has 0 unspecified atom stereocenters. The first-order valence-electron chi connectivity index (χ1n) is 5.40. The second-order valence-electron chi connectivity index (χ2n) is 4.49. The van der Waals surface area contributed by atoms with E-state index in [9.17, 15) is 0 Å². The van der Waals surface area contributed by atoms with Gasteiger partial charge in [-0.1, -0.05) is 0 Å². The van der Waals surface area contributed by atoms with E-state index < -0.39 is 0 Å². The number of nitrogens with two attached hydrogens (primary N) is 1. The topological polar surface area (TPSA) is 44.5 Å². The van der Waals surface area contributed by atoms with Gasteiger partial charge < -0.3 is 15.2 Å². The standard InChI is InChI=1S/C12H15NO2/c1-7-2-11-12(15-6-14-11)5-10(7)8-3-9(13)4-8/h2,5,8-9H,3-4,6,13H2,1H3. The molecule has 1 aromatic carbocycles. The second-order valence-corrected chi connectivity index (χ2v) is 4.49. The molecule has 1 heterocycles. The fourth-order valence-electron chi connectivity index (χ4n) is 2.41. The van der Waals surface area contributed by atoms with Crippen molar-refractivity contribution in [3.05, 3.63) is 23.3 Å². The van der Waals surface area contributed by atoms with Crippen LogP contribution in [-0.2, 0) is 0 Å². The van der Waals surface area contributed by atoms with Crippen molar-refractivity contribution >= 4 is 0 Å². The quantitative estimate of drug-likeness (QED) is 0.761. The third kappa shape index (κ3) is 1.38. The maximum Gasteiger partial charge on any atom is 0.231 e. The van der Waals surface area contributed by atoms with Gasteiger partial charge in [0.15, 0.2) is 11.5 Å². The van der Waals surface area contributed by atoms with E-state index in [2.05, 4.69) is 19.1 Å². The van der Waals surface area contributed by atoms with Gasteiger partial charge in [-0.25, -0.2) is 0 Å². The van der Waals surface area contributed by atoms with Crippen molar-refractivity contribution in [3.8, 4) is 11.5 Å². The zero-order chi connectivity index (χ0) is 10.4. The molecule has 3 rings (SSSR count). The number of aryl methyl sites for hydroxylation is 1. The molecule has 0 saturated heterocycles. The van der Waals surface area contributed by atoms with Crippen LogP contribution >= 0.6 is 0 Å². The first-order valence-corrected chi connectivity index (χ1v) is 5.40. The molecule has 0 bridgehead atoms. The zero-order valence-electron chi connectivity index (χ0n) is 8.82. The molecular weight excluding hydrogens is 190 g/mol. The molecule has 0 aromatic heterocycles. The number of hydrogen-bond donors (Lipinski definition) is 1. The van der Waals surface area contributed by atoms with E-state index in [1.54, 1.807) is 0 Å². The van der Waals surface area contributed by atoms with E-state index >= 15 is 0 Å². The molecule has 80 valence electrons. The summed E-state index contributed by atoms with van der Waals surface area (Å²) in [6, 6.07) is 4.58. The van der Waals surface area contributed by atoms with Crippen molar-refractivity contribution in [2.75, 3.05) is 6.79 Å². The normalized spacial score (nSPS) is 27.6. The van der Waals surface area contributed by atoms with Gasteiger partial charge in [0.1, 0.15) is 0 Å². The minimum absolute atomic E-state index is 0.350. The summed E-state index contributed by atoms with van der Waals surface area (Å²) < 4.78 is 10.7. The third-order valence-electron chi connectivity index (χ3n) is 3.38. The number of rotatable bonds is 1. The Bertz CT molecular complexity index is 397. The molecule has 1 aliphatic carbocycles. The molecule has 0 radical (unpaired) electrons. The first-order chi connectivity index (χ1) is 7.24. The predicted octanol–water partition coefficient (Wildman–Crippen LogP) is 1.93. The Morgan fingerprint density at radius 2 is 1.87 bits per heavy atom. The van der Waals surface area contributed by atoms with E-state index in [-0.39, 0.29) is 0 Å². The van der Waals surface area contributed by atoms with Crippen LogP contribution in [0.2, 0.25) is 0 Å². The molecule has 3 nitrogen and oxygen atoms in total. The molecule has 0 spiro atoms. The molecule has 1 aliphatic heterocycles. The van der Waals surface area contributed by atoms with Crippen molar-refractivity contribution in [2.45, 2.75) is 31.7 Å². The smallest absolute Gasteiger partial charge is 0.231 e. The van der Waals surface area contributed by atoms with Gasteiger partial charge in [-0.05, 0) is 48.9 Å². The van der Waals surface area contributed by atoms with E-state index in [0.717, 1.165) is 24.3 Å². The van der Waals surface area contributed by atoms with Crippen molar-refractivity contribution in [3.63, 3.8) is 0 Å². The van der Waals surface area contributed by atoms with Crippen molar-refractivity contribution in [2.24, 2.45) is 5.73 Å². The van der Waals surface area contributed by atoms with Gasteiger partial charge in [-0.15, -0.1) is 0 Å². The maximum atomic E-state index is 5.81. The highest BCUT2D eigenvalue weighted by Crippen LogP contribution is 2.42. The number of fused-ring (bicyclic) bond motifs is 1. The van der Waals surface area contributed by atoms with Crippen molar-refractivity contribution in [1.29, 1.82) is 0 Å². The molecule has 2 aliphatic rings. The van der Waals surface area contributed by atoms with E-state index in [1.165, 1.54) is 11.1 Å². The highest BCUT2D eigenvalue weighted by molar-refractivity contribution is 5.49. The zero-order valence-corrected chi connectivity index (χ0v) is 8.82. The van der Waals surface area contributed by atoms with Crippen LogP contribution in [0.15, 0.2) is 12.1 Å². The minimum Gasteiger partial charge on any atom is -0.454 e. The Balaban J connectivity index is 1.94. The van der Waals surface area contributed by atoms with Crippen molar-refractivity contribution < 1.29 is 9.47 Å². The van der Waals surface area contributed by atoms with E-state index in [0.29, 0.717) is 18.8 Å². The lowest BCUT2D eigenvalue weighted by Gasteiger charge is -2.33. The molecule has 0 amide bonds. The average molecular weight is 205 g/mol. The number of benzene rings is 1. The molecule has 3 heteroatoms. The molecule has 1 fully saturated rings. The minimum atomic E-state index is 0.350. The number of hydrogen-bond acceptors (Lipinski definition) is 3. The predicted molar refractivity (Wildman–Crippen MR) is 57.3 cm³/mol. The van der Waals surface area contributed by atoms with Crippen LogP contribution in [0.25, 0.3) is 0 Å². The highest BCUT2D eigenvalue weighted by Gasteiger charge is 2.29. The summed E-state index contributed by atoms with van der Waals surface area (Å²) in [5, 5.41) is 0. The summed E-state index contributed by atoms with van der Waals surface area (Å²) in [4.78, 5) is 0. The number of ether oxygens (including phenoxy) is 2. The third-order valence-corrected chi connectivity index (χ3v) is 3.38. The largest absolute Gasteiger partial charge is 0.454 e. The molecule has 2 N–H and O–H groups in total. The Labute approximate surface area is 89.2 Å². The molecule has 1 aromatic rings. The Morgan fingerprint density at radius 1 is 1.20 bits per heavy atom. The van der Waals surface area contributed by atoms with Gasteiger partial charge in [0.2, 0.25) is 6.79 Å². The van der Waals surface area contributed by atoms with Gasteiger partial charge in [-0.2, -0.15) is 0 Å². The lowest BCUT2D eigenvalue weighted by Crippen LogP contribution is -2.35. The Morgan fingerprint density at radius 3 is 2.53 bits per heavy atom. The van der Waals surface area contributed by atoms with Gasteiger partial charge in [0, 0.05) is 6.04 Å². The summed E-state index contributed by atoms with van der Waals surface area (Å²) >= 11 is 0. The molecular formula is C12H15NO2. The van der Waals surface area contributed by atoms with Gasteiger partial charge in [0.25, 0.3) is 0 Å². The summed E-state index contributed by atoms with van der Waals surface area (Å²) in [5.74, 6) is 2.38. The van der Waals surface area contributed by atoms with Crippen LogP contribution in [0, 0.1) is 6.92 Å². The van der Waals surface area contributed by atoms with Crippen LogP contribution in [0.5, 0.6) is 11.5 Å². The van der Waals surface area contributed by atoms with Crippen LogP contribution in [-0.4, -0.2) is 12.8 Å². The van der Waals surface area contributed by atoms with E-state index in [4.69, 9.17) is 15.2 Å². The molecule has 15 heavy (non-hydrogen) atoms.